The van der Waals surface area contributed by atoms with Gasteiger partial charge in [-0.05, 0) is 30.3 Å². The first-order valence-corrected chi connectivity index (χ1v) is 6.53. The average Bonchev–Trinajstić information content (AvgIpc) is 2.50. The fraction of sp³-hybridized carbons (Fsp3) is 0.133. The summed E-state index contributed by atoms with van der Waals surface area (Å²) in [6.45, 7) is 0.220. The van der Waals surface area contributed by atoms with Crippen molar-refractivity contribution in [3.05, 3.63) is 58.1 Å². The molecule has 0 aliphatic carbocycles. The largest absolute Gasteiger partial charge is 0.465 e. The lowest BCUT2D eigenvalue weighted by molar-refractivity contribution is -0.384. The number of nitrogens with zero attached hydrogens (tertiary/aromatic N) is 1. The first-order valence-electron chi connectivity index (χ1n) is 6.53. The molecule has 2 rings (SSSR count). The minimum absolute atomic E-state index is 0.0320. The van der Waals surface area contributed by atoms with Gasteiger partial charge in [-0.3, -0.25) is 15.4 Å². The molecular weight excluding hydrogens is 304 g/mol. The van der Waals surface area contributed by atoms with Crippen molar-refractivity contribution in [3.8, 4) is 11.5 Å². The quantitative estimate of drug-likeness (QED) is 0.621. The number of methoxy groups -OCH3 is 1. The van der Waals surface area contributed by atoms with Gasteiger partial charge in [-0.2, -0.15) is 0 Å². The molecular formula is C15H14N2O6. The zero-order chi connectivity index (χ0) is 16.8. The van der Waals surface area contributed by atoms with Crippen LogP contribution in [-0.4, -0.2) is 23.2 Å². The molecule has 8 heteroatoms. The summed E-state index contributed by atoms with van der Waals surface area (Å²) < 4.78 is 10.8. The van der Waals surface area contributed by atoms with Crippen molar-refractivity contribution in [3.63, 3.8) is 0 Å². The molecule has 0 aliphatic heterocycles. The van der Waals surface area contributed by atoms with Gasteiger partial charge in [-0.25, -0.2) is 4.79 Å². The number of hydrogen-bond donors (Lipinski definition) is 2. The van der Waals surface area contributed by atoms with Gasteiger partial charge in [0, 0.05) is 30.5 Å². The van der Waals surface area contributed by atoms with Crippen molar-refractivity contribution in [2.75, 3.05) is 12.4 Å². The molecule has 8 nitrogen and oxygen atoms in total. The second-order valence-corrected chi connectivity index (χ2v) is 4.54. The van der Waals surface area contributed by atoms with Crippen LogP contribution in [0.4, 0.5) is 16.2 Å². The van der Waals surface area contributed by atoms with Crippen LogP contribution in [0, 0.1) is 10.1 Å². The molecule has 23 heavy (non-hydrogen) atoms. The monoisotopic (exact) mass is 318 g/mol. The molecule has 0 aromatic heterocycles. The number of carboxylic acid groups (broad SMARTS) is 1. The van der Waals surface area contributed by atoms with Gasteiger partial charge in [0.05, 0.1) is 11.5 Å². The van der Waals surface area contributed by atoms with E-state index in [4.69, 9.17) is 14.6 Å². The maximum Gasteiger partial charge on any atom is 0.409 e. The highest BCUT2D eigenvalue weighted by molar-refractivity contribution is 5.83. The minimum atomic E-state index is -1.17. The van der Waals surface area contributed by atoms with Crippen molar-refractivity contribution in [1.82, 2.24) is 0 Å². The van der Waals surface area contributed by atoms with Crippen LogP contribution in [0.1, 0.15) is 5.56 Å². The fourth-order valence-corrected chi connectivity index (χ4v) is 1.91. The van der Waals surface area contributed by atoms with Gasteiger partial charge in [-0.15, -0.1) is 0 Å². The second kappa shape index (κ2) is 7.23. The maximum atomic E-state index is 10.7. The molecule has 0 fully saturated rings. The highest BCUT2D eigenvalue weighted by Gasteiger charge is 2.10. The smallest absolute Gasteiger partial charge is 0.409 e. The summed E-state index contributed by atoms with van der Waals surface area (Å²) in [5.74, 6) is 0.892. The van der Waals surface area contributed by atoms with Crippen molar-refractivity contribution in [2.24, 2.45) is 0 Å². The molecule has 2 aromatic rings. The van der Waals surface area contributed by atoms with E-state index in [-0.39, 0.29) is 12.3 Å². The van der Waals surface area contributed by atoms with Gasteiger partial charge in [0.15, 0.2) is 0 Å². The summed E-state index contributed by atoms with van der Waals surface area (Å²) in [4.78, 5) is 20.8. The minimum Gasteiger partial charge on any atom is -0.465 e. The van der Waals surface area contributed by atoms with E-state index >= 15 is 0 Å². The first-order chi connectivity index (χ1) is 11.0. The highest BCUT2D eigenvalue weighted by Crippen LogP contribution is 2.29. The third-order valence-corrected chi connectivity index (χ3v) is 2.89. The van der Waals surface area contributed by atoms with Crippen LogP contribution >= 0.6 is 0 Å². The second-order valence-electron chi connectivity index (χ2n) is 4.54. The topological polar surface area (TPSA) is 111 Å². The molecule has 0 aliphatic rings. The standard InChI is InChI=1S/C15H14N2O6/c1-22-9-10-8-11(16-15(18)19)2-7-14(10)23-13-5-3-12(4-6-13)17(20)21/h2-8,16H,9H2,1H3,(H,18,19). The summed E-state index contributed by atoms with van der Waals surface area (Å²) in [5, 5.41) is 21.6. The highest BCUT2D eigenvalue weighted by atomic mass is 16.6. The molecule has 120 valence electrons. The van der Waals surface area contributed by atoms with Crippen LogP contribution in [0.25, 0.3) is 0 Å². The average molecular weight is 318 g/mol. The predicted molar refractivity (Wildman–Crippen MR) is 82.0 cm³/mol. The van der Waals surface area contributed by atoms with Gasteiger partial charge in [0.2, 0.25) is 0 Å². The number of anilines is 1. The Morgan fingerprint density at radius 1 is 1.26 bits per heavy atom. The van der Waals surface area contributed by atoms with E-state index in [2.05, 4.69) is 5.32 Å². The van der Waals surface area contributed by atoms with E-state index in [1.807, 2.05) is 0 Å². The molecule has 0 saturated carbocycles. The molecule has 0 atom stereocenters. The molecule has 0 unspecified atom stereocenters. The first kappa shape index (κ1) is 16.2. The Morgan fingerprint density at radius 2 is 1.96 bits per heavy atom. The third kappa shape index (κ3) is 4.42. The Labute approximate surface area is 131 Å². The Morgan fingerprint density at radius 3 is 2.52 bits per heavy atom. The van der Waals surface area contributed by atoms with E-state index in [9.17, 15) is 14.9 Å². The number of rotatable bonds is 6. The van der Waals surface area contributed by atoms with E-state index in [1.165, 1.54) is 31.4 Å². The normalized spacial score (nSPS) is 10.1. The fourth-order valence-electron chi connectivity index (χ4n) is 1.91. The molecule has 0 saturated heterocycles. The van der Waals surface area contributed by atoms with E-state index < -0.39 is 11.0 Å². The zero-order valence-electron chi connectivity index (χ0n) is 12.2. The van der Waals surface area contributed by atoms with Gasteiger partial charge < -0.3 is 14.6 Å². The van der Waals surface area contributed by atoms with Crippen molar-refractivity contribution < 1.29 is 24.3 Å². The van der Waals surface area contributed by atoms with E-state index in [0.29, 0.717) is 22.7 Å². The zero-order valence-corrected chi connectivity index (χ0v) is 12.2. The Bertz CT molecular complexity index is 714. The number of nitro benzene ring substituents is 1. The molecule has 2 aromatic carbocycles. The maximum absolute atomic E-state index is 10.7. The Balaban J connectivity index is 2.23. The number of carbonyl (C=O) groups is 1. The van der Waals surface area contributed by atoms with Crippen molar-refractivity contribution >= 4 is 17.5 Å². The molecule has 0 spiro atoms. The van der Waals surface area contributed by atoms with Crippen LogP contribution in [-0.2, 0) is 11.3 Å². The summed E-state index contributed by atoms with van der Waals surface area (Å²) in [7, 11) is 1.51. The van der Waals surface area contributed by atoms with Gasteiger partial charge >= 0.3 is 6.09 Å². The Hall–Kier alpha value is -3.13. The lowest BCUT2D eigenvalue weighted by atomic mass is 10.2. The van der Waals surface area contributed by atoms with Gasteiger partial charge in [-0.1, -0.05) is 0 Å². The Kier molecular flexibility index (Phi) is 5.11. The molecule has 0 bridgehead atoms. The van der Waals surface area contributed by atoms with E-state index in [0.717, 1.165) is 0 Å². The van der Waals surface area contributed by atoms with Crippen LogP contribution in [0.5, 0.6) is 11.5 Å². The summed E-state index contributed by atoms with van der Waals surface area (Å²) in [5.41, 5.74) is 0.994. The lowest BCUT2D eigenvalue weighted by Gasteiger charge is -2.12. The summed E-state index contributed by atoms with van der Waals surface area (Å²) >= 11 is 0. The number of hydrogen-bond acceptors (Lipinski definition) is 5. The van der Waals surface area contributed by atoms with Crippen LogP contribution in [0.2, 0.25) is 0 Å². The number of nitrogens with one attached hydrogen (secondary N) is 1. The summed E-state index contributed by atoms with van der Waals surface area (Å²) in [6, 6.07) is 10.4. The van der Waals surface area contributed by atoms with Gasteiger partial charge in [0.1, 0.15) is 11.5 Å². The third-order valence-electron chi connectivity index (χ3n) is 2.89. The molecule has 0 radical (unpaired) electrons. The predicted octanol–water partition coefficient (Wildman–Crippen LogP) is 3.62. The SMILES string of the molecule is COCc1cc(NC(=O)O)ccc1Oc1ccc([N+](=O)[O-])cc1. The van der Waals surface area contributed by atoms with Crippen molar-refractivity contribution in [2.45, 2.75) is 6.61 Å². The molecule has 1 amide bonds. The number of ether oxygens (including phenoxy) is 2. The lowest BCUT2D eigenvalue weighted by Crippen LogP contribution is -2.07. The van der Waals surface area contributed by atoms with Crippen molar-refractivity contribution in [1.29, 1.82) is 0 Å². The van der Waals surface area contributed by atoms with Crippen LogP contribution in [0.15, 0.2) is 42.5 Å². The van der Waals surface area contributed by atoms with E-state index in [1.54, 1.807) is 18.2 Å². The molecule has 2 N–H and O–H groups in total. The number of amides is 1. The number of non-ortho nitro benzene ring substituents is 1. The summed E-state index contributed by atoms with van der Waals surface area (Å²) in [6.07, 6.45) is -1.17. The van der Waals surface area contributed by atoms with Crippen LogP contribution < -0.4 is 10.1 Å². The van der Waals surface area contributed by atoms with Gasteiger partial charge in [0.25, 0.3) is 5.69 Å². The molecule has 0 heterocycles. The number of nitro groups is 1. The van der Waals surface area contributed by atoms with Crippen LogP contribution in [0.3, 0.4) is 0 Å². The number of benzene rings is 2.